The Labute approximate surface area is 107 Å². The van der Waals surface area contributed by atoms with Gasteiger partial charge in [0.1, 0.15) is 16.2 Å². The Morgan fingerprint density at radius 2 is 2.00 bits per heavy atom. The van der Waals surface area contributed by atoms with E-state index in [0.29, 0.717) is 12.1 Å². The molecule has 0 spiro atoms. The van der Waals surface area contributed by atoms with Crippen LogP contribution in [0.1, 0.15) is 25.3 Å². The fourth-order valence-electron chi connectivity index (χ4n) is 2.71. The van der Waals surface area contributed by atoms with E-state index in [1.807, 2.05) is 37.3 Å². The first-order chi connectivity index (χ1) is 8.66. The molecule has 96 valence electrons. The van der Waals surface area contributed by atoms with Crippen LogP contribution in [-0.2, 0) is 14.7 Å². The largest absolute Gasteiger partial charge is 0.389 e. The zero-order valence-electron chi connectivity index (χ0n) is 10.1. The lowest BCUT2D eigenvalue weighted by atomic mass is 10.00. The Hall–Kier alpha value is -1.36. The summed E-state index contributed by atoms with van der Waals surface area (Å²) >= 11 is 0. The summed E-state index contributed by atoms with van der Waals surface area (Å²) in [7, 11) is -3.12. The number of benzene rings is 1. The number of sulfone groups is 1. The molecule has 5 heteroatoms. The van der Waals surface area contributed by atoms with Crippen LogP contribution >= 0.6 is 0 Å². The van der Waals surface area contributed by atoms with Gasteiger partial charge in [0.15, 0.2) is 15.9 Å². The van der Waals surface area contributed by atoms with Gasteiger partial charge in [0, 0.05) is 5.56 Å². The molecule has 4 nitrogen and oxygen atoms in total. The zero-order chi connectivity index (χ0) is 12.8. The van der Waals surface area contributed by atoms with E-state index in [1.54, 1.807) is 0 Å². The third-order valence-electron chi connectivity index (χ3n) is 3.63. The second-order valence-electron chi connectivity index (χ2n) is 4.75. The maximum Gasteiger partial charge on any atom is 0.169 e. The second kappa shape index (κ2) is 4.09. The van der Waals surface area contributed by atoms with Crippen LogP contribution in [0, 0.1) is 0 Å². The average Bonchev–Trinajstić information content (AvgIpc) is 2.79. The second-order valence-corrected chi connectivity index (χ2v) is 7.04. The summed E-state index contributed by atoms with van der Waals surface area (Å²) in [6.07, 6.45) is 1.23. The summed E-state index contributed by atoms with van der Waals surface area (Å²) in [6.45, 7) is 1.98. The molecule has 2 aliphatic rings. The van der Waals surface area contributed by atoms with Gasteiger partial charge in [-0.3, -0.25) is 0 Å². The van der Waals surface area contributed by atoms with Crippen molar-refractivity contribution < 1.29 is 13.3 Å². The Bertz CT molecular complexity index is 580. The minimum atomic E-state index is -3.12. The Morgan fingerprint density at radius 3 is 2.67 bits per heavy atom. The molecular formula is C13H15NO3S. The third-order valence-corrected chi connectivity index (χ3v) is 6.17. The molecule has 0 radical (unpaired) electrons. The van der Waals surface area contributed by atoms with E-state index < -0.39 is 15.1 Å². The van der Waals surface area contributed by atoms with Gasteiger partial charge < -0.3 is 4.84 Å². The van der Waals surface area contributed by atoms with Crippen LogP contribution in [0.15, 0.2) is 35.5 Å². The Morgan fingerprint density at radius 1 is 1.28 bits per heavy atom. The van der Waals surface area contributed by atoms with Crippen LogP contribution in [0.4, 0.5) is 0 Å². The molecule has 1 aromatic rings. The molecule has 3 atom stereocenters. The minimum Gasteiger partial charge on any atom is -0.389 e. The topological polar surface area (TPSA) is 55.7 Å². The fraction of sp³-hybridized carbons (Fsp3) is 0.462. The molecule has 18 heavy (non-hydrogen) atoms. The standard InChI is InChI=1S/C13H15NO3S/c1-2-6-10-12-13(18(10,15)16)11(14-17-12)9-7-4-3-5-8-9/h3-5,7-8,10,12-13H,2,6H2,1H3/t10-,12+,13+/m1/s1. The summed E-state index contributed by atoms with van der Waals surface area (Å²) < 4.78 is 24.5. The van der Waals surface area contributed by atoms with Gasteiger partial charge in [0.05, 0.1) is 0 Å². The van der Waals surface area contributed by atoms with Crippen LogP contribution in [0.5, 0.6) is 0 Å². The lowest BCUT2D eigenvalue weighted by molar-refractivity contribution is 0.0679. The van der Waals surface area contributed by atoms with E-state index in [0.717, 1.165) is 12.0 Å². The first-order valence-corrected chi connectivity index (χ1v) is 7.79. The summed E-state index contributed by atoms with van der Waals surface area (Å²) in [5.41, 5.74) is 1.40. The monoisotopic (exact) mass is 265 g/mol. The van der Waals surface area contributed by atoms with Crippen molar-refractivity contribution in [3.05, 3.63) is 35.9 Å². The number of hydrogen-bond donors (Lipinski definition) is 0. The molecule has 1 fully saturated rings. The highest BCUT2D eigenvalue weighted by molar-refractivity contribution is 7.95. The van der Waals surface area contributed by atoms with E-state index >= 15 is 0 Å². The maximum atomic E-state index is 12.2. The number of hydrogen-bond acceptors (Lipinski definition) is 4. The van der Waals surface area contributed by atoms with Gasteiger partial charge in [0.2, 0.25) is 0 Å². The SMILES string of the molecule is CCC[C@@H]1[C@@H]2ON=C(c3ccccc3)[C@@H]2S1(=O)=O. The number of nitrogens with zero attached hydrogens (tertiary/aromatic N) is 1. The van der Waals surface area contributed by atoms with Crippen LogP contribution < -0.4 is 0 Å². The first-order valence-electron chi connectivity index (χ1n) is 6.18. The van der Waals surface area contributed by atoms with Crippen molar-refractivity contribution in [1.82, 2.24) is 0 Å². The van der Waals surface area contributed by atoms with Crippen LogP contribution in [0.3, 0.4) is 0 Å². The summed E-state index contributed by atoms with van der Waals surface area (Å²) in [4.78, 5) is 5.33. The third kappa shape index (κ3) is 1.50. The predicted octanol–water partition coefficient (Wildman–Crippen LogP) is 1.76. The molecule has 0 aliphatic carbocycles. The van der Waals surface area contributed by atoms with Crippen molar-refractivity contribution in [2.75, 3.05) is 0 Å². The number of oxime groups is 1. The van der Waals surface area contributed by atoms with Crippen molar-refractivity contribution in [2.45, 2.75) is 36.4 Å². The van der Waals surface area contributed by atoms with E-state index in [-0.39, 0.29) is 11.4 Å². The van der Waals surface area contributed by atoms with Crippen molar-refractivity contribution in [3.8, 4) is 0 Å². The molecule has 0 saturated carbocycles. The summed E-state index contributed by atoms with van der Waals surface area (Å²) in [5, 5.41) is 3.06. The molecule has 0 amide bonds. The molecule has 1 saturated heterocycles. The normalized spacial score (nSPS) is 32.1. The highest BCUT2D eigenvalue weighted by atomic mass is 32.2. The van der Waals surface area contributed by atoms with E-state index in [4.69, 9.17) is 4.84 Å². The molecule has 0 N–H and O–H groups in total. The average molecular weight is 265 g/mol. The smallest absolute Gasteiger partial charge is 0.169 e. The van der Waals surface area contributed by atoms with Crippen LogP contribution in [0.25, 0.3) is 0 Å². The molecule has 3 rings (SSSR count). The van der Waals surface area contributed by atoms with Crippen molar-refractivity contribution in [2.24, 2.45) is 5.16 Å². The zero-order valence-corrected chi connectivity index (χ0v) is 10.9. The lowest BCUT2D eigenvalue weighted by Gasteiger charge is -2.37. The van der Waals surface area contributed by atoms with Crippen LogP contribution in [0.2, 0.25) is 0 Å². The first kappa shape index (κ1) is 11.7. The maximum absolute atomic E-state index is 12.2. The lowest BCUT2D eigenvalue weighted by Crippen LogP contribution is -2.61. The Balaban J connectivity index is 1.91. The summed E-state index contributed by atoms with van der Waals surface area (Å²) in [5.74, 6) is 0. The van der Waals surface area contributed by atoms with Gasteiger partial charge in [-0.1, -0.05) is 48.8 Å². The van der Waals surface area contributed by atoms with Crippen LogP contribution in [-0.4, -0.2) is 30.7 Å². The quantitative estimate of drug-likeness (QED) is 0.836. The highest BCUT2D eigenvalue weighted by Crippen LogP contribution is 2.41. The molecular weight excluding hydrogens is 250 g/mol. The van der Waals surface area contributed by atoms with Gasteiger partial charge in [-0.05, 0) is 6.42 Å². The number of fused-ring (bicyclic) bond motifs is 1. The number of rotatable bonds is 3. The van der Waals surface area contributed by atoms with E-state index in [2.05, 4.69) is 5.16 Å². The van der Waals surface area contributed by atoms with Crippen molar-refractivity contribution in [1.29, 1.82) is 0 Å². The van der Waals surface area contributed by atoms with E-state index in [1.165, 1.54) is 0 Å². The molecule has 2 aliphatic heterocycles. The van der Waals surface area contributed by atoms with E-state index in [9.17, 15) is 8.42 Å². The minimum absolute atomic E-state index is 0.273. The summed E-state index contributed by atoms with van der Waals surface area (Å²) in [6, 6.07) is 9.38. The van der Waals surface area contributed by atoms with Crippen molar-refractivity contribution in [3.63, 3.8) is 0 Å². The van der Waals surface area contributed by atoms with Gasteiger partial charge in [-0.25, -0.2) is 8.42 Å². The van der Waals surface area contributed by atoms with Gasteiger partial charge in [-0.15, -0.1) is 0 Å². The Kier molecular flexibility index (Phi) is 2.66. The molecule has 2 heterocycles. The molecule has 0 bridgehead atoms. The molecule has 1 aromatic carbocycles. The van der Waals surface area contributed by atoms with Gasteiger partial charge in [0.25, 0.3) is 0 Å². The molecule has 0 aromatic heterocycles. The fourth-order valence-corrected chi connectivity index (χ4v) is 5.06. The molecule has 0 unspecified atom stereocenters. The highest BCUT2D eigenvalue weighted by Gasteiger charge is 2.62. The predicted molar refractivity (Wildman–Crippen MR) is 69.3 cm³/mol. The van der Waals surface area contributed by atoms with Crippen molar-refractivity contribution >= 4 is 15.5 Å². The van der Waals surface area contributed by atoms with Gasteiger partial charge in [-0.2, -0.15) is 0 Å². The van der Waals surface area contributed by atoms with Gasteiger partial charge >= 0.3 is 0 Å².